The van der Waals surface area contributed by atoms with Gasteiger partial charge in [0.2, 0.25) is 0 Å². The molecule has 0 aliphatic carbocycles. The lowest BCUT2D eigenvalue weighted by Gasteiger charge is -2.07. The number of aromatic amines is 1. The van der Waals surface area contributed by atoms with Gasteiger partial charge in [0.1, 0.15) is 11.5 Å². The summed E-state index contributed by atoms with van der Waals surface area (Å²) in [7, 11) is 1.71. The minimum absolute atomic E-state index is 0.636. The van der Waals surface area contributed by atoms with E-state index >= 15 is 0 Å². The molecule has 3 aromatic rings. The zero-order chi connectivity index (χ0) is 16.1. The molecule has 120 valence electrons. The maximum Gasteiger partial charge on any atom is 0.152 e. The Labute approximate surface area is 135 Å². The molecule has 0 atom stereocenters. The number of rotatable bonds is 7. The lowest BCUT2D eigenvalue weighted by Crippen LogP contribution is -2.13. The molecule has 3 rings (SSSR count). The summed E-state index contributed by atoms with van der Waals surface area (Å²) in [5.74, 6) is 1.71. The average molecular weight is 311 g/mol. The van der Waals surface area contributed by atoms with E-state index < -0.39 is 0 Å². The molecule has 5 nitrogen and oxygen atoms in total. The highest BCUT2D eigenvalue weighted by Gasteiger charge is 2.10. The molecule has 0 fully saturated rings. The number of methoxy groups -OCH3 is 1. The quantitative estimate of drug-likeness (QED) is 0.702. The van der Waals surface area contributed by atoms with Gasteiger partial charge < -0.3 is 14.5 Å². The van der Waals surface area contributed by atoms with Gasteiger partial charge in [-0.1, -0.05) is 24.3 Å². The van der Waals surface area contributed by atoms with Crippen molar-refractivity contribution in [3.05, 3.63) is 65.0 Å². The third-order valence-corrected chi connectivity index (χ3v) is 3.65. The minimum atomic E-state index is 0.636. The van der Waals surface area contributed by atoms with Crippen molar-refractivity contribution in [1.82, 2.24) is 15.5 Å². The fraction of sp³-hybridized carbons (Fsp3) is 0.278. The van der Waals surface area contributed by atoms with Crippen LogP contribution in [0.25, 0.3) is 11.5 Å². The average Bonchev–Trinajstić information content (AvgIpc) is 3.17. The Bertz CT molecular complexity index is 761. The molecule has 0 unspecified atom stereocenters. The predicted octanol–water partition coefficient (Wildman–Crippen LogP) is 3.41. The van der Waals surface area contributed by atoms with Crippen molar-refractivity contribution in [2.45, 2.75) is 26.6 Å². The van der Waals surface area contributed by atoms with Crippen LogP contribution in [-0.2, 0) is 24.4 Å². The monoisotopic (exact) mass is 311 g/mol. The van der Waals surface area contributed by atoms with Gasteiger partial charge in [-0.05, 0) is 30.2 Å². The smallest absolute Gasteiger partial charge is 0.152 e. The maximum absolute atomic E-state index is 5.66. The van der Waals surface area contributed by atoms with Crippen LogP contribution in [0.2, 0.25) is 0 Å². The number of aryl methyl sites for hydroxylation is 1. The number of hydrogen-bond acceptors (Lipinski definition) is 4. The molecule has 0 saturated heterocycles. The van der Waals surface area contributed by atoms with Gasteiger partial charge in [-0.3, -0.25) is 5.10 Å². The van der Waals surface area contributed by atoms with Crippen LogP contribution >= 0.6 is 0 Å². The Balaban J connectivity index is 1.61. The van der Waals surface area contributed by atoms with E-state index in [0.717, 1.165) is 35.9 Å². The van der Waals surface area contributed by atoms with E-state index in [1.807, 2.05) is 25.3 Å². The lowest BCUT2D eigenvalue weighted by molar-refractivity contribution is 0.185. The van der Waals surface area contributed by atoms with E-state index in [1.165, 1.54) is 11.1 Å². The van der Waals surface area contributed by atoms with Gasteiger partial charge in [0.05, 0.1) is 12.8 Å². The highest BCUT2D eigenvalue weighted by Crippen LogP contribution is 2.23. The molecule has 2 aromatic heterocycles. The largest absolute Gasteiger partial charge is 0.460 e. The summed E-state index contributed by atoms with van der Waals surface area (Å²) >= 11 is 0. The van der Waals surface area contributed by atoms with Gasteiger partial charge in [-0.15, -0.1) is 0 Å². The molecule has 2 N–H and O–H groups in total. The van der Waals surface area contributed by atoms with Crippen LogP contribution in [-0.4, -0.2) is 17.3 Å². The molecular weight excluding hydrogens is 290 g/mol. The molecule has 23 heavy (non-hydrogen) atoms. The summed E-state index contributed by atoms with van der Waals surface area (Å²) in [6, 6.07) is 12.3. The Hall–Kier alpha value is -2.37. The van der Waals surface area contributed by atoms with Gasteiger partial charge in [0, 0.05) is 25.8 Å². The normalized spacial score (nSPS) is 11.0. The Morgan fingerprint density at radius 1 is 1.17 bits per heavy atom. The summed E-state index contributed by atoms with van der Waals surface area (Å²) in [5, 5.41) is 10.6. The molecule has 0 amide bonds. The predicted molar refractivity (Wildman–Crippen MR) is 88.7 cm³/mol. The summed E-state index contributed by atoms with van der Waals surface area (Å²) in [5.41, 5.74) is 4.44. The number of aromatic nitrogens is 2. The van der Waals surface area contributed by atoms with Crippen molar-refractivity contribution in [3.63, 3.8) is 0 Å². The highest BCUT2D eigenvalue weighted by atomic mass is 16.5. The van der Waals surface area contributed by atoms with Gasteiger partial charge in [-0.2, -0.15) is 5.10 Å². The van der Waals surface area contributed by atoms with E-state index in [9.17, 15) is 0 Å². The molecular formula is C18H21N3O2. The molecule has 2 heterocycles. The molecule has 0 aliphatic heterocycles. The second-order valence-corrected chi connectivity index (χ2v) is 5.54. The van der Waals surface area contributed by atoms with Crippen molar-refractivity contribution >= 4 is 0 Å². The number of ether oxygens (including phenoxy) is 1. The van der Waals surface area contributed by atoms with Gasteiger partial charge in [0.15, 0.2) is 5.76 Å². The van der Waals surface area contributed by atoms with Crippen LogP contribution in [0.15, 0.2) is 47.0 Å². The SMILES string of the molecule is COCc1cccc(CNCc2cn[nH]c2-c2ccc(C)o2)c1. The number of hydrogen-bond donors (Lipinski definition) is 2. The number of nitrogens with zero attached hydrogens (tertiary/aromatic N) is 1. The zero-order valence-electron chi connectivity index (χ0n) is 13.4. The molecule has 0 spiro atoms. The maximum atomic E-state index is 5.66. The summed E-state index contributed by atoms with van der Waals surface area (Å²) in [6.45, 7) is 4.09. The molecule has 5 heteroatoms. The summed E-state index contributed by atoms with van der Waals surface area (Å²) < 4.78 is 10.8. The summed E-state index contributed by atoms with van der Waals surface area (Å²) in [4.78, 5) is 0. The first-order chi connectivity index (χ1) is 11.3. The van der Waals surface area contributed by atoms with Crippen LogP contribution in [0.5, 0.6) is 0 Å². The van der Waals surface area contributed by atoms with Gasteiger partial charge in [-0.25, -0.2) is 0 Å². The van der Waals surface area contributed by atoms with Crippen molar-refractivity contribution in [2.75, 3.05) is 7.11 Å². The standard InChI is InChI=1S/C18H21N3O2/c1-13-6-7-17(23-13)18-16(11-20-21-18)10-19-9-14-4-3-5-15(8-14)12-22-2/h3-8,11,19H,9-10,12H2,1-2H3,(H,20,21). The topological polar surface area (TPSA) is 63.1 Å². The number of H-pyrrole nitrogens is 1. The Kier molecular flexibility index (Phi) is 4.90. The van der Waals surface area contributed by atoms with Crippen LogP contribution in [0.1, 0.15) is 22.5 Å². The number of benzene rings is 1. The first-order valence-electron chi connectivity index (χ1n) is 7.63. The van der Waals surface area contributed by atoms with E-state index in [2.05, 4.69) is 39.8 Å². The van der Waals surface area contributed by atoms with Gasteiger partial charge >= 0.3 is 0 Å². The molecule has 0 bridgehead atoms. The zero-order valence-corrected chi connectivity index (χ0v) is 13.4. The van der Waals surface area contributed by atoms with Crippen LogP contribution in [0, 0.1) is 6.92 Å². The second-order valence-electron chi connectivity index (χ2n) is 5.54. The fourth-order valence-corrected chi connectivity index (χ4v) is 2.56. The van der Waals surface area contributed by atoms with Crippen molar-refractivity contribution in [1.29, 1.82) is 0 Å². The Morgan fingerprint density at radius 3 is 2.83 bits per heavy atom. The van der Waals surface area contributed by atoms with E-state index in [0.29, 0.717) is 6.61 Å². The van der Waals surface area contributed by atoms with E-state index in [4.69, 9.17) is 9.15 Å². The van der Waals surface area contributed by atoms with Crippen LogP contribution < -0.4 is 5.32 Å². The number of furan rings is 1. The van der Waals surface area contributed by atoms with Crippen molar-refractivity contribution < 1.29 is 9.15 Å². The molecule has 0 aliphatic rings. The van der Waals surface area contributed by atoms with Crippen molar-refractivity contribution in [2.24, 2.45) is 0 Å². The summed E-state index contributed by atoms with van der Waals surface area (Å²) in [6.07, 6.45) is 1.83. The molecule has 1 aromatic carbocycles. The molecule has 0 saturated carbocycles. The second kappa shape index (κ2) is 7.26. The van der Waals surface area contributed by atoms with Crippen molar-refractivity contribution in [3.8, 4) is 11.5 Å². The van der Waals surface area contributed by atoms with Crippen LogP contribution in [0.3, 0.4) is 0 Å². The number of nitrogens with one attached hydrogen (secondary N) is 2. The Morgan fingerprint density at radius 2 is 2.04 bits per heavy atom. The first-order valence-corrected chi connectivity index (χ1v) is 7.63. The highest BCUT2D eigenvalue weighted by molar-refractivity contribution is 5.56. The molecule has 0 radical (unpaired) electrons. The minimum Gasteiger partial charge on any atom is -0.460 e. The van der Waals surface area contributed by atoms with E-state index in [-0.39, 0.29) is 0 Å². The van der Waals surface area contributed by atoms with E-state index in [1.54, 1.807) is 7.11 Å². The fourth-order valence-electron chi connectivity index (χ4n) is 2.56. The van der Waals surface area contributed by atoms with Gasteiger partial charge in [0.25, 0.3) is 0 Å². The third kappa shape index (κ3) is 3.88. The third-order valence-electron chi connectivity index (χ3n) is 3.65. The lowest BCUT2D eigenvalue weighted by atomic mass is 10.1. The first kappa shape index (κ1) is 15.5. The van der Waals surface area contributed by atoms with Crippen LogP contribution in [0.4, 0.5) is 0 Å².